The molecule has 1 N–H and O–H groups in total. The number of rotatable bonds is 4. The molecule has 1 aliphatic carbocycles. The third-order valence-electron chi connectivity index (χ3n) is 4.36. The number of nitrogens with one attached hydrogen (secondary N) is 1. The zero-order valence-corrected chi connectivity index (χ0v) is 12.8. The normalized spacial score (nSPS) is 16.2. The molecule has 0 spiro atoms. The molecular formula is C19H22N2O. The average molecular weight is 294 g/mol. The maximum Gasteiger partial charge on any atom is 0.244 e. The predicted octanol–water partition coefficient (Wildman–Crippen LogP) is 4.06. The second-order valence-corrected chi connectivity index (χ2v) is 6.03. The van der Waals surface area contributed by atoms with Gasteiger partial charge in [0.05, 0.1) is 6.42 Å². The standard InChI is InChI=1S/C19H22N2O/c22-19(21-20-14-15-7-2-1-3-8-15)13-17-11-6-10-16-9-4-5-12-18(16)17/h4-6,9-12,14-15H,1-3,7-8,13H2,(H,21,22). The van der Waals surface area contributed by atoms with Gasteiger partial charge in [0.1, 0.15) is 0 Å². The molecule has 2 aromatic rings. The van der Waals surface area contributed by atoms with Gasteiger partial charge >= 0.3 is 0 Å². The Kier molecular flexibility index (Phi) is 4.84. The molecule has 0 radical (unpaired) electrons. The number of nitrogens with zero attached hydrogens (tertiary/aromatic N) is 1. The Morgan fingerprint density at radius 3 is 2.73 bits per heavy atom. The first-order valence-corrected chi connectivity index (χ1v) is 8.11. The summed E-state index contributed by atoms with van der Waals surface area (Å²) in [5.74, 6) is 0.481. The third kappa shape index (κ3) is 3.73. The highest BCUT2D eigenvalue weighted by molar-refractivity contribution is 5.90. The molecule has 114 valence electrons. The van der Waals surface area contributed by atoms with E-state index in [1.54, 1.807) is 0 Å². The van der Waals surface area contributed by atoms with Crippen LogP contribution in [0.1, 0.15) is 37.7 Å². The van der Waals surface area contributed by atoms with Crippen LogP contribution in [0.2, 0.25) is 0 Å². The Bertz CT molecular complexity index is 667. The Balaban J connectivity index is 1.60. The van der Waals surface area contributed by atoms with Gasteiger partial charge in [0.15, 0.2) is 0 Å². The molecule has 0 heterocycles. The van der Waals surface area contributed by atoms with Gasteiger partial charge in [0.2, 0.25) is 5.91 Å². The molecule has 0 aromatic heterocycles. The van der Waals surface area contributed by atoms with Gasteiger partial charge in [-0.15, -0.1) is 0 Å². The number of hydrogen-bond acceptors (Lipinski definition) is 2. The quantitative estimate of drug-likeness (QED) is 0.670. The summed E-state index contributed by atoms with van der Waals surface area (Å²) in [5, 5.41) is 6.45. The topological polar surface area (TPSA) is 41.5 Å². The number of amides is 1. The zero-order chi connectivity index (χ0) is 15.2. The fourth-order valence-corrected chi connectivity index (χ4v) is 3.16. The molecule has 1 saturated carbocycles. The van der Waals surface area contributed by atoms with Crippen LogP contribution in [0.4, 0.5) is 0 Å². The van der Waals surface area contributed by atoms with E-state index in [0.29, 0.717) is 12.3 Å². The molecule has 3 heteroatoms. The van der Waals surface area contributed by atoms with E-state index in [0.717, 1.165) is 10.9 Å². The lowest BCUT2D eigenvalue weighted by atomic mass is 9.90. The van der Waals surface area contributed by atoms with E-state index in [1.807, 2.05) is 30.5 Å². The van der Waals surface area contributed by atoms with E-state index in [2.05, 4.69) is 28.7 Å². The number of hydrogen-bond donors (Lipinski definition) is 1. The van der Waals surface area contributed by atoms with Crippen molar-refractivity contribution in [2.75, 3.05) is 0 Å². The minimum absolute atomic E-state index is 0.0524. The van der Waals surface area contributed by atoms with Gasteiger partial charge < -0.3 is 0 Å². The highest BCUT2D eigenvalue weighted by Gasteiger charge is 2.11. The molecule has 3 rings (SSSR count). The highest BCUT2D eigenvalue weighted by Crippen LogP contribution is 2.22. The Labute approximate surface area is 131 Å². The smallest absolute Gasteiger partial charge is 0.244 e. The first-order chi connectivity index (χ1) is 10.8. The minimum Gasteiger partial charge on any atom is -0.273 e. The summed E-state index contributed by atoms with van der Waals surface area (Å²) in [6, 6.07) is 14.2. The van der Waals surface area contributed by atoms with Crippen LogP contribution < -0.4 is 5.43 Å². The average Bonchev–Trinajstić information content (AvgIpc) is 2.56. The molecule has 1 amide bonds. The first kappa shape index (κ1) is 14.8. The van der Waals surface area contributed by atoms with Crippen molar-refractivity contribution in [1.82, 2.24) is 5.43 Å². The van der Waals surface area contributed by atoms with E-state index in [-0.39, 0.29) is 5.91 Å². The summed E-state index contributed by atoms with van der Waals surface area (Å²) in [6.07, 6.45) is 8.56. The number of carbonyl (C=O) groups excluding carboxylic acids is 1. The summed E-state index contributed by atoms with van der Waals surface area (Å²) < 4.78 is 0. The molecule has 22 heavy (non-hydrogen) atoms. The summed E-state index contributed by atoms with van der Waals surface area (Å²) >= 11 is 0. The van der Waals surface area contributed by atoms with E-state index in [4.69, 9.17) is 0 Å². The van der Waals surface area contributed by atoms with Crippen molar-refractivity contribution in [3.8, 4) is 0 Å². The molecular weight excluding hydrogens is 272 g/mol. The van der Waals surface area contributed by atoms with Crippen molar-refractivity contribution < 1.29 is 4.79 Å². The minimum atomic E-state index is -0.0524. The maximum atomic E-state index is 12.1. The first-order valence-electron chi connectivity index (χ1n) is 8.11. The van der Waals surface area contributed by atoms with Gasteiger partial charge in [-0.3, -0.25) is 4.79 Å². The summed E-state index contributed by atoms with van der Waals surface area (Å²) in [5.41, 5.74) is 3.72. The van der Waals surface area contributed by atoms with Crippen molar-refractivity contribution in [2.45, 2.75) is 38.5 Å². The summed E-state index contributed by atoms with van der Waals surface area (Å²) in [4.78, 5) is 12.1. The van der Waals surface area contributed by atoms with Crippen molar-refractivity contribution in [1.29, 1.82) is 0 Å². The maximum absolute atomic E-state index is 12.1. The second kappa shape index (κ2) is 7.21. The van der Waals surface area contributed by atoms with Crippen LogP contribution in [-0.4, -0.2) is 12.1 Å². The number of benzene rings is 2. The van der Waals surface area contributed by atoms with Crippen molar-refractivity contribution >= 4 is 22.9 Å². The van der Waals surface area contributed by atoms with Gasteiger partial charge in [-0.2, -0.15) is 5.10 Å². The molecule has 0 aliphatic heterocycles. The molecule has 1 aliphatic rings. The number of hydrazone groups is 1. The molecule has 1 fully saturated rings. The van der Waals surface area contributed by atoms with Gasteiger partial charge in [0.25, 0.3) is 0 Å². The SMILES string of the molecule is O=C(Cc1cccc2ccccc12)NN=CC1CCCCC1. The van der Waals surface area contributed by atoms with E-state index >= 15 is 0 Å². The fourth-order valence-electron chi connectivity index (χ4n) is 3.16. The van der Waals surface area contributed by atoms with Crippen molar-refractivity contribution in [3.63, 3.8) is 0 Å². The summed E-state index contributed by atoms with van der Waals surface area (Å²) in [7, 11) is 0. The van der Waals surface area contributed by atoms with E-state index in [1.165, 1.54) is 37.5 Å². The van der Waals surface area contributed by atoms with Crippen molar-refractivity contribution in [3.05, 3.63) is 48.0 Å². The monoisotopic (exact) mass is 294 g/mol. The third-order valence-corrected chi connectivity index (χ3v) is 4.36. The predicted molar refractivity (Wildman–Crippen MR) is 90.9 cm³/mol. The Hall–Kier alpha value is -2.16. The molecule has 2 aromatic carbocycles. The van der Waals surface area contributed by atoms with Crippen LogP contribution in [0.15, 0.2) is 47.6 Å². The van der Waals surface area contributed by atoms with Gasteiger partial charge in [0, 0.05) is 6.21 Å². The molecule has 0 atom stereocenters. The second-order valence-electron chi connectivity index (χ2n) is 6.03. The fraction of sp³-hybridized carbons (Fsp3) is 0.368. The largest absolute Gasteiger partial charge is 0.273 e. The lowest BCUT2D eigenvalue weighted by Crippen LogP contribution is -2.21. The molecule has 0 saturated heterocycles. The van der Waals surface area contributed by atoms with Crippen molar-refractivity contribution in [2.24, 2.45) is 11.0 Å². The Morgan fingerprint density at radius 2 is 1.86 bits per heavy atom. The van der Waals surface area contributed by atoms with Crippen LogP contribution in [-0.2, 0) is 11.2 Å². The van der Waals surface area contributed by atoms with Crippen LogP contribution in [0.25, 0.3) is 10.8 Å². The van der Waals surface area contributed by atoms with Crippen LogP contribution >= 0.6 is 0 Å². The Morgan fingerprint density at radius 1 is 1.09 bits per heavy atom. The lowest BCUT2D eigenvalue weighted by molar-refractivity contribution is -0.120. The van der Waals surface area contributed by atoms with Gasteiger partial charge in [-0.05, 0) is 35.1 Å². The molecule has 0 unspecified atom stereocenters. The van der Waals surface area contributed by atoms with E-state index < -0.39 is 0 Å². The van der Waals surface area contributed by atoms with Crippen LogP contribution in [0.5, 0.6) is 0 Å². The number of fused-ring (bicyclic) bond motifs is 1. The molecule has 0 bridgehead atoms. The summed E-state index contributed by atoms with van der Waals surface area (Å²) in [6.45, 7) is 0. The number of carbonyl (C=O) groups is 1. The van der Waals surface area contributed by atoms with E-state index in [9.17, 15) is 4.79 Å². The lowest BCUT2D eigenvalue weighted by Gasteiger charge is -2.16. The van der Waals surface area contributed by atoms with Crippen LogP contribution in [0, 0.1) is 5.92 Å². The zero-order valence-electron chi connectivity index (χ0n) is 12.8. The van der Waals surface area contributed by atoms with Gasteiger partial charge in [-0.25, -0.2) is 5.43 Å². The van der Waals surface area contributed by atoms with Crippen LogP contribution in [0.3, 0.4) is 0 Å². The highest BCUT2D eigenvalue weighted by atomic mass is 16.2. The van der Waals surface area contributed by atoms with Gasteiger partial charge in [-0.1, -0.05) is 61.7 Å². The molecule has 3 nitrogen and oxygen atoms in total.